The molecule has 4 rings (SSSR count). The number of pyridine rings is 2. The van der Waals surface area contributed by atoms with E-state index in [1.54, 1.807) is 36.4 Å². The smallest absolute Gasteiger partial charge is 0.253 e. The number of carbonyl (C=O) groups excluding carboxylic acids is 2. The van der Waals surface area contributed by atoms with Crippen molar-refractivity contribution >= 4 is 29.1 Å². The molecule has 1 aliphatic carbocycles. The van der Waals surface area contributed by atoms with Gasteiger partial charge in [-0.05, 0) is 49.8 Å². The van der Waals surface area contributed by atoms with Crippen LogP contribution in [0.25, 0.3) is 0 Å². The Labute approximate surface area is 186 Å². The predicted molar refractivity (Wildman–Crippen MR) is 118 cm³/mol. The largest absolute Gasteiger partial charge is 0.383 e. The van der Waals surface area contributed by atoms with Gasteiger partial charge in [-0.3, -0.25) is 9.59 Å². The topological polar surface area (TPSA) is 120 Å². The number of anilines is 3. The first-order chi connectivity index (χ1) is 15.5. The number of nitriles is 1. The predicted octanol–water partition coefficient (Wildman–Crippen LogP) is 2.56. The number of aromatic nitrogens is 2. The SMILES string of the molecule is COCCNC(=O)c1cnc(Nc2cc(N3CC[C@@](C#N)(C4CC4)C3=O)ccn2)cc1C. The minimum atomic E-state index is -0.880. The summed E-state index contributed by atoms with van der Waals surface area (Å²) in [6.45, 7) is 3.23. The van der Waals surface area contributed by atoms with Crippen LogP contribution in [0.15, 0.2) is 30.6 Å². The molecule has 1 saturated carbocycles. The van der Waals surface area contributed by atoms with Gasteiger partial charge in [0.05, 0.1) is 18.2 Å². The molecule has 2 fully saturated rings. The molecule has 0 bridgehead atoms. The molecule has 2 aliphatic rings. The fraction of sp³-hybridized carbons (Fsp3) is 0.435. The van der Waals surface area contributed by atoms with Crippen molar-refractivity contribution in [2.24, 2.45) is 11.3 Å². The molecule has 1 aliphatic heterocycles. The van der Waals surface area contributed by atoms with Crippen LogP contribution in [0.2, 0.25) is 0 Å². The number of hydrogen-bond acceptors (Lipinski definition) is 7. The molecule has 2 amide bonds. The molecule has 166 valence electrons. The summed E-state index contributed by atoms with van der Waals surface area (Å²) in [7, 11) is 1.58. The number of amides is 2. The van der Waals surface area contributed by atoms with Crippen molar-refractivity contribution < 1.29 is 14.3 Å². The van der Waals surface area contributed by atoms with E-state index < -0.39 is 5.41 Å². The summed E-state index contributed by atoms with van der Waals surface area (Å²) in [6, 6.07) is 7.63. The summed E-state index contributed by atoms with van der Waals surface area (Å²) < 4.78 is 4.94. The molecule has 2 aromatic rings. The number of aryl methyl sites for hydroxylation is 1. The average molecular weight is 435 g/mol. The van der Waals surface area contributed by atoms with Gasteiger partial charge in [0, 0.05) is 44.3 Å². The molecule has 2 N–H and O–H groups in total. The van der Waals surface area contributed by atoms with Crippen LogP contribution in [0, 0.1) is 29.6 Å². The molecule has 1 saturated heterocycles. The number of carbonyl (C=O) groups is 2. The van der Waals surface area contributed by atoms with Crippen LogP contribution in [0.3, 0.4) is 0 Å². The van der Waals surface area contributed by atoms with Crippen molar-refractivity contribution in [1.29, 1.82) is 5.26 Å². The zero-order chi connectivity index (χ0) is 22.7. The van der Waals surface area contributed by atoms with Crippen molar-refractivity contribution in [3.05, 3.63) is 41.7 Å². The van der Waals surface area contributed by atoms with Gasteiger partial charge in [0.2, 0.25) is 5.91 Å². The highest BCUT2D eigenvalue weighted by atomic mass is 16.5. The van der Waals surface area contributed by atoms with Crippen molar-refractivity contribution in [2.45, 2.75) is 26.2 Å². The van der Waals surface area contributed by atoms with E-state index in [1.165, 1.54) is 6.20 Å². The van der Waals surface area contributed by atoms with Crippen LogP contribution in [0.4, 0.5) is 17.3 Å². The number of hydrogen-bond donors (Lipinski definition) is 2. The van der Waals surface area contributed by atoms with Gasteiger partial charge < -0.3 is 20.3 Å². The molecule has 9 heteroatoms. The van der Waals surface area contributed by atoms with E-state index in [1.807, 2.05) is 6.92 Å². The summed E-state index contributed by atoms with van der Waals surface area (Å²) in [5, 5.41) is 15.6. The fourth-order valence-electron chi connectivity index (χ4n) is 4.14. The van der Waals surface area contributed by atoms with Crippen molar-refractivity contribution in [3.63, 3.8) is 0 Å². The third-order valence-electron chi connectivity index (χ3n) is 6.09. The lowest BCUT2D eigenvalue weighted by molar-refractivity contribution is -0.123. The van der Waals surface area contributed by atoms with Crippen LogP contribution in [-0.2, 0) is 9.53 Å². The standard InChI is InChI=1S/C23H26N6O3/c1-15-11-19(27-13-18(15)21(30)26-8-10-32-2)28-20-12-17(5-7-25-20)29-9-6-23(14-24,22(29)31)16-3-4-16/h5,7,11-13,16H,3-4,6,8-10H2,1-2H3,(H,26,30)(H,25,27,28)/t23-/m1/s1. The minimum absolute atomic E-state index is 0.113. The van der Waals surface area contributed by atoms with Gasteiger partial charge in [0.15, 0.2) is 0 Å². The van der Waals surface area contributed by atoms with Crippen LogP contribution in [0.1, 0.15) is 35.2 Å². The lowest BCUT2D eigenvalue weighted by Crippen LogP contribution is -2.35. The van der Waals surface area contributed by atoms with Crippen LogP contribution >= 0.6 is 0 Å². The number of methoxy groups -OCH3 is 1. The molecular weight excluding hydrogens is 408 g/mol. The molecule has 2 aromatic heterocycles. The minimum Gasteiger partial charge on any atom is -0.383 e. The van der Waals surface area contributed by atoms with E-state index in [0.717, 1.165) is 18.4 Å². The molecule has 1 atom stereocenters. The maximum Gasteiger partial charge on any atom is 0.253 e. The second kappa shape index (κ2) is 8.93. The Kier molecular flexibility index (Phi) is 6.06. The number of nitrogens with one attached hydrogen (secondary N) is 2. The Morgan fingerprint density at radius 2 is 2.12 bits per heavy atom. The van der Waals surface area contributed by atoms with Gasteiger partial charge in [0.25, 0.3) is 5.91 Å². The second-order valence-corrected chi connectivity index (χ2v) is 8.22. The van der Waals surface area contributed by atoms with Gasteiger partial charge in [-0.1, -0.05) is 0 Å². The summed E-state index contributed by atoms with van der Waals surface area (Å²) in [5.74, 6) is 0.931. The molecule has 3 heterocycles. The van der Waals surface area contributed by atoms with Gasteiger partial charge in [-0.25, -0.2) is 9.97 Å². The number of rotatable bonds is 8. The Morgan fingerprint density at radius 1 is 1.34 bits per heavy atom. The van der Waals surface area contributed by atoms with Crippen molar-refractivity contribution in [3.8, 4) is 6.07 Å². The Balaban J connectivity index is 1.47. The maximum atomic E-state index is 13.1. The molecule has 32 heavy (non-hydrogen) atoms. The highest BCUT2D eigenvalue weighted by molar-refractivity contribution is 6.02. The molecule has 0 radical (unpaired) electrons. The first-order valence-corrected chi connectivity index (χ1v) is 10.7. The van der Waals surface area contributed by atoms with E-state index in [9.17, 15) is 14.9 Å². The lowest BCUT2D eigenvalue weighted by Gasteiger charge is -2.21. The molecule has 0 unspecified atom stereocenters. The van der Waals surface area contributed by atoms with E-state index >= 15 is 0 Å². The summed E-state index contributed by atoms with van der Waals surface area (Å²) in [5.41, 5.74) is 1.08. The second-order valence-electron chi connectivity index (χ2n) is 8.22. The Morgan fingerprint density at radius 3 is 2.81 bits per heavy atom. The van der Waals surface area contributed by atoms with Crippen molar-refractivity contribution in [1.82, 2.24) is 15.3 Å². The molecule has 0 aromatic carbocycles. The van der Waals surface area contributed by atoms with Gasteiger partial charge in [-0.2, -0.15) is 5.26 Å². The maximum absolute atomic E-state index is 13.1. The summed E-state index contributed by atoms with van der Waals surface area (Å²) in [6.07, 6.45) is 5.60. The summed E-state index contributed by atoms with van der Waals surface area (Å²) >= 11 is 0. The van der Waals surface area contributed by atoms with E-state index in [0.29, 0.717) is 49.0 Å². The van der Waals surface area contributed by atoms with Crippen LogP contribution < -0.4 is 15.5 Å². The van der Waals surface area contributed by atoms with Crippen LogP contribution in [0.5, 0.6) is 0 Å². The molecular formula is C23H26N6O3. The number of ether oxygens (including phenoxy) is 1. The van der Waals surface area contributed by atoms with Crippen LogP contribution in [-0.4, -0.2) is 48.6 Å². The summed E-state index contributed by atoms with van der Waals surface area (Å²) in [4.78, 5) is 35.7. The Hall–Kier alpha value is -3.51. The lowest BCUT2D eigenvalue weighted by atomic mass is 9.83. The molecule has 0 spiro atoms. The highest BCUT2D eigenvalue weighted by Gasteiger charge is 2.56. The molecule has 9 nitrogen and oxygen atoms in total. The normalized spacial score (nSPS) is 20.2. The average Bonchev–Trinajstić information content (AvgIpc) is 3.58. The first-order valence-electron chi connectivity index (χ1n) is 10.7. The van der Waals surface area contributed by atoms with Gasteiger partial charge in [0.1, 0.15) is 17.1 Å². The van der Waals surface area contributed by atoms with E-state index in [2.05, 4.69) is 26.7 Å². The van der Waals surface area contributed by atoms with Gasteiger partial charge in [-0.15, -0.1) is 0 Å². The fourth-order valence-corrected chi connectivity index (χ4v) is 4.14. The zero-order valence-electron chi connectivity index (χ0n) is 18.2. The highest BCUT2D eigenvalue weighted by Crippen LogP contribution is 2.51. The Bertz CT molecular complexity index is 1080. The van der Waals surface area contributed by atoms with E-state index in [4.69, 9.17) is 4.74 Å². The monoisotopic (exact) mass is 434 g/mol. The quantitative estimate of drug-likeness (QED) is 0.613. The first kappa shape index (κ1) is 21.7. The zero-order valence-corrected chi connectivity index (χ0v) is 18.2. The van der Waals surface area contributed by atoms with Gasteiger partial charge >= 0.3 is 0 Å². The van der Waals surface area contributed by atoms with Crippen molar-refractivity contribution in [2.75, 3.05) is 37.0 Å². The number of nitrogens with zero attached hydrogens (tertiary/aromatic N) is 4. The third-order valence-corrected chi connectivity index (χ3v) is 6.09. The van der Waals surface area contributed by atoms with E-state index in [-0.39, 0.29) is 17.7 Å². The third kappa shape index (κ3) is 4.14.